The topological polar surface area (TPSA) is 90.7 Å². The first-order chi connectivity index (χ1) is 11.8. The molecule has 0 bridgehead atoms. The summed E-state index contributed by atoms with van der Waals surface area (Å²) in [5.74, 6) is -0.976. The third-order valence-electron chi connectivity index (χ3n) is 3.18. The van der Waals surface area contributed by atoms with E-state index in [0.717, 1.165) is 5.56 Å². The van der Waals surface area contributed by atoms with E-state index in [1.54, 1.807) is 20.8 Å². The molecule has 0 radical (unpaired) electrons. The van der Waals surface area contributed by atoms with Crippen molar-refractivity contribution in [1.29, 1.82) is 0 Å². The molecule has 3 N–H and O–H groups in total. The number of anilines is 1. The molecule has 0 aliphatic rings. The summed E-state index contributed by atoms with van der Waals surface area (Å²) in [6, 6.07) is 13.8. The number of hydrogen-bond acceptors (Lipinski definition) is 5. The standard InChI is InChI=1S/C19H22N2O4/c1-19(2,3)25-18(23)14-9-10-15(16(20)11-14)17(22)21-24-12-13-7-5-4-6-8-13/h4-11H,12,20H2,1-3H3,(H,21,22). The van der Waals surface area contributed by atoms with Crippen molar-refractivity contribution in [2.24, 2.45) is 0 Å². The van der Waals surface area contributed by atoms with E-state index in [-0.39, 0.29) is 23.4 Å². The van der Waals surface area contributed by atoms with Gasteiger partial charge in [0.15, 0.2) is 0 Å². The van der Waals surface area contributed by atoms with Crippen molar-refractivity contribution in [2.75, 3.05) is 5.73 Å². The third kappa shape index (κ3) is 5.61. The molecule has 2 aromatic rings. The second-order valence-electron chi connectivity index (χ2n) is 6.51. The van der Waals surface area contributed by atoms with E-state index in [2.05, 4.69) is 5.48 Å². The summed E-state index contributed by atoms with van der Waals surface area (Å²) < 4.78 is 5.27. The fourth-order valence-corrected chi connectivity index (χ4v) is 2.05. The highest BCUT2D eigenvalue weighted by molar-refractivity contribution is 6.00. The molecule has 0 heterocycles. The largest absolute Gasteiger partial charge is 0.456 e. The maximum Gasteiger partial charge on any atom is 0.338 e. The van der Waals surface area contributed by atoms with Crippen LogP contribution in [0.2, 0.25) is 0 Å². The van der Waals surface area contributed by atoms with Crippen LogP contribution in [0.25, 0.3) is 0 Å². The number of hydroxylamine groups is 1. The van der Waals surface area contributed by atoms with Gasteiger partial charge in [0.1, 0.15) is 5.60 Å². The lowest BCUT2D eigenvalue weighted by atomic mass is 10.1. The second kappa shape index (κ2) is 7.81. The monoisotopic (exact) mass is 342 g/mol. The highest BCUT2D eigenvalue weighted by Gasteiger charge is 2.19. The molecule has 0 aromatic heterocycles. The summed E-state index contributed by atoms with van der Waals surface area (Å²) in [6.45, 7) is 5.57. The highest BCUT2D eigenvalue weighted by atomic mass is 16.6. The number of hydrogen-bond donors (Lipinski definition) is 2. The molecule has 0 fully saturated rings. The normalized spacial score (nSPS) is 11.0. The lowest BCUT2D eigenvalue weighted by Gasteiger charge is -2.19. The predicted molar refractivity (Wildman–Crippen MR) is 94.7 cm³/mol. The van der Waals surface area contributed by atoms with Crippen LogP contribution in [-0.4, -0.2) is 17.5 Å². The van der Waals surface area contributed by atoms with Crippen molar-refractivity contribution in [1.82, 2.24) is 5.48 Å². The Kier molecular flexibility index (Phi) is 5.77. The molecule has 0 aliphatic heterocycles. The zero-order chi connectivity index (χ0) is 18.4. The number of nitrogen functional groups attached to an aromatic ring is 1. The fraction of sp³-hybridized carbons (Fsp3) is 0.263. The number of ether oxygens (including phenoxy) is 1. The molecule has 25 heavy (non-hydrogen) atoms. The third-order valence-corrected chi connectivity index (χ3v) is 3.18. The maximum atomic E-state index is 12.1. The SMILES string of the molecule is CC(C)(C)OC(=O)c1ccc(C(=O)NOCc2ccccc2)c(N)c1. The number of benzene rings is 2. The molecule has 0 atom stereocenters. The van der Waals surface area contributed by atoms with Crippen LogP contribution in [0.4, 0.5) is 5.69 Å². The minimum atomic E-state index is -0.604. The first kappa shape index (κ1) is 18.5. The molecule has 0 aliphatic carbocycles. The molecule has 6 nitrogen and oxygen atoms in total. The second-order valence-corrected chi connectivity index (χ2v) is 6.51. The number of amides is 1. The lowest BCUT2D eigenvalue weighted by molar-refractivity contribution is 0.00690. The molecule has 2 aromatic carbocycles. The van der Waals surface area contributed by atoms with Crippen LogP contribution in [-0.2, 0) is 16.2 Å². The van der Waals surface area contributed by atoms with Gasteiger partial charge in [-0.05, 0) is 44.5 Å². The van der Waals surface area contributed by atoms with E-state index in [1.807, 2.05) is 30.3 Å². The average Bonchev–Trinajstić information content (AvgIpc) is 2.54. The molecular weight excluding hydrogens is 320 g/mol. The highest BCUT2D eigenvalue weighted by Crippen LogP contribution is 2.18. The van der Waals surface area contributed by atoms with Crippen LogP contribution in [0.1, 0.15) is 47.1 Å². The Morgan fingerprint density at radius 1 is 1.08 bits per heavy atom. The van der Waals surface area contributed by atoms with Crippen LogP contribution in [0, 0.1) is 0 Å². The average molecular weight is 342 g/mol. The molecule has 0 unspecified atom stereocenters. The molecule has 0 saturated heterocycles. The first-order valence-corrected chi connectivity index (χ1v) is 7.85. The van der Waals surface area contributed by atoms with E-state index in [0.29, 0.717) is 0 Å². The van der Waals surface area contributed by atoms with E-state index >= 15 is 0 Å². The maximum absolute atomic E-state index is 12.1. The van der Waals surface area contributed by atoms with Gasteiger partial charge in [-0.1, -0.05) is 30.3 Å². The van der Waals surface area contributed by atoms with Gasteiger partial charge >= 0.3 is 5.97 Å². The Bertz CT molecular complexity index is 752. The van der Waals surface area contributed by atoms with Gasteiger partial charge in [0.2, 0.25) is 0 Å². The summed E-state index contributed by atoms with van der Waals surface area (Å²) >= 11 is 0. The lowest BCUT2D eigenvalue weighted by Crippen LogP contribution is -2.26. The Morgan fingerprint density at radius 2 is 1.76 bits per heavy atom. The van der Waals surface area contributed by atoms with E-state index in [4.69, 9.17) is 15.3 Å². The van der Waals surface area contributed by atoms with E-state index in [9.17, 15) is 9.59 Å². The number of carbonyl (C=O) groups is 2. The van der Waals surface area contributed by atoms with Crippen LogP contribution >= 0.6 is 0 Å². The van der Waals surface area contributed by atoms with Crippen molar-refractivity contribution in [3.05, 3.63) is 65.2 Å². The van der Waals surface area contributed by atoms with Gasteiger partial charge in [0.25, 0.3) is 5.91 Å². The summed E-state index contributed by atoms with van der Waals surface area (Å²) in [5, 5.41) is 0. The Morgan fingerprint density at radius 3 is 2.36 bits per heavy atom. The van der Waals surface area contributed by atoms with Crippen molar-refractivity contribution >= 4 is 17.6 Å². The van der Waals surface area contributed by atoms with Crippen LogP contribution in [0.15, 0.2) is 48.5 Å². The fourth-order valence-electron chi connectivity index (χ4n) is 2.05. The number of nitrogens with one attached hydrogen (secondary N) is 1. The van der Waals surface area contributed by atoms with Gasteiger partial charge in [-0.25, -0.2) is 10.3 Å². The minimum absolute atomic E-state index is 0.171. The van der Waals surface area contributed by atoms with Crippen molar-refractivity contribution in [3.63, 3.8) is 0 Å². The summed E-state index contributed by atoms with van der Waals surface area (Å²) in [5.41, 5.74) is 9.22. The summed E-state index contributed by atoms with van der Waals surface area (Å²) in [4.78, 5) is 29.3. The predicted octanol–water partition coefficient (Wildman–Crippen LogP) is 3.09. The van der Waals surface area contributed by atoms with Crippen molar-refractivity contribution in [2.45, 2.75) is 33.0 Å². The van der Waals surface area contributed by atoms with Gasteiger partial charge in [-0.15, -0.1) is 0 Å². The van der Waals surface area contributed by atoms with Gasteiger partial charge < -0.3 is 10.5 Å². The number of rotatable bonds is 5. The Labute approximate surface area is 146 Å². The van der Waals surface area contributed by atoms with Gasteiger partial charge in [0, 0.05) is 5.69 Å². The summed E-state index contributed by atoms with van der Waals surface area (Å²) in [7, 11) is 0. The zero-order valence-corrected chi connectivity index (χ0v) is 14.5. The molecular formula is C19H22N2O4. The van der Waals surface area contributed by atoms with E-state index < -0.39 is 17.5 Å². The Balaban J connectivity index is 1.97. The molecule has 2 rings (SSSR count). The van der Waals surface area contributed by atoms with Gasteiger partial charge in [-0.3, -0.25) is 9.63 Å². The molecule has 0 spiro atoms. The Hall–Kier alpha value is -2.86. The van der Waals surface area contributed by atoms with Gasteiger partial charge in [0.05, 0.1) is 17.7 Å². The quantitative estimate of drug-likeness (QED) is 0.495. The van der Waals surface area contributed by atoms with E-state index in [1.165, 1.54) is 18.2 Å². The van der Waals surface area contributed by atoms with Crippen LogP contribution < -0.4 is 11.2 Å². The zero-order valence-electron chi connectivity index (χ0n) is 14.5. The summed E-state index contributed by atoms with van der Waals surface area (Å²) in [6.07, 6.45) is 0. The smallest absolute Gasteiger partial charge is 0.338 e. The molecule has 6 heteroatoms. The first-order valence-electron chi connectivity index (χ1n) is 7.85. The number of nitrogens with two attached hydrogens (primary N) is 1. The van der Waals surface area contributed by atoms with Gasteiger partial charge in [-0.2, -0.15) is 0 Å². The number of carbonyl (C=O) groups excluding carboxylic acids is 2. The molecule has 1 amide bonds. The minimum Gasteiger partial charge on any atom is -0.456 e. The van der Waals surface area contributed by atoms with Crippen LogP contribution in [0.3, 0.4) is 0 Å². The van der Waals surface area contributed by atoms with Crippen molar-refractivity contribution < 1.29 is 19.2 Å². The van der Waals surface area contributed by atoms with Crippen LogP contribution in [0.5, 0.6) is 0 Å². The molecule has 0 saturated carbocycles. The van der Waals surface area contributed by atoms with Crippen molar-refractivity contribution in [3.8, 4) is 0 Å². The molecule has 132 valence electrons. The number of esters is 1.